The normalized spacial score (nSPS) is 10.8. The van der Waals surface area contributed by atoms with Crippen LogP contribution in [0.1, 0.15) is 17.0 Å². The van der Waals surface area contributed by atoms with Crippen LogP contribution in [0.25, 0.3) is 5.82 Å². The zero-order chi connectivity index (χ0) is 11.7. The lowest BCUT2D eigenvalue weighted by Crippen LogP contribution is -2.06. The van der Waals surface area contributed by atoms with E-state index in [4.69, 9.17) is 11.6 Å². The second kappa shape index (κ2) is 4.22. The van der Waals surface area contributed by atoms with Crippen LogP contribution in [0.15, 0.2) is 18.3 Å². The summed E-state index contributed by atoms with van der Waals surface area (Å²) in [6.45, 7) is 3.82. The van der Waals surface area contributed by atoms with Crippen molar-refractivity contribution in [1.29, 1.82) is 0 Å². The lowest BCUT2D eigenvalue weighted by Gasteiger charge is -2.07. The fourth-order valence-electron chi connectivity index (χ4n) is 1.61. The van der Waals surface area contributed by atoms with Gasteiger partial charge in [0, 0.05) is 11.3 Å². The van der Waals surface area contributed by atoms with Crippen molar-refractivity contribution in [2.45, 2.75) is 19.7 Å². The summed E-state index contributed by atoms with van der Waals surface area (Å²) in [5, 5.41) is 4.29. The van der Waals surface area contributed by atoms with Crippen LogP contribution in [0.2, 0.25) is 0 Å². The Bertz CT molecular complexity index is 522. The zero-order valence-electron chi connectivity index (χ0n) is 9.04. The summed E-state index contributed by atoms with van der Waals surface area (Å²) >= 11 is 5.77. The van der Waals surface area contributed by atoms with Crippen LogP contribution in [0.4, 0.5) is 4.39 Å². The Balaban J connectivity index is 2.59. The number of hydrogen-bond acceptors (Lipinski definition) is 2. The summed E-state index contributed by atoms with van der Waals surface area (Å²) in [7, 11) is 0. The highest BCUT2D eigenvalue weighted by molar-refractivity contribution is 6.17. The fourth-order valence-corrected chi connectivity index (χ4v) is 1.80. The Hall–Kier alpha value is -1.42. The third-order valence-corrected chi connectivity index (χ3v) is 2.55. The van der Waals surface area contributed by atoms with E-state index in [2.05, 4.69) is 10.1 Å². The molecule has 2 heterocycles. The molecule has 0 radical (unpaired) electrons. The lowest BCUT2D eigenvalue weighted by atomic mass is 10.3. The zero-order valence-corrected chi connectivity index (χ0v) is 9.79. The van der Waals surface area contributed by atoms with Gasteiger partial charge in [-0.15, -0.1) is 11.6 Å². The molecule has 0 fully saturated rings. The summed E-state index contributed by atoms with van der Waals surface area (Å²) in [6, 6.07) is 3.31. The van der Waals surface area contributed by atoms with Crippen molar-refractivity contribution in [3.63, 3.8) is 0 Å². The van der Waals surface area contributed by atoms with Gasteiger partial charge >= 0.3 is 0 Å². The second-order valence-electron chi connectivity index (χ2n) is 3.61. The first-order valence-electron chi connectivity index (χ1n) is 4.86. The molecule has 0 bridgehead atoms. The molecule has 16 heavy (non-hydrogen) atoms. The third-order valence-electron chi connectivity index (χ3n) is 2.26. The Morgan fingerprint density at radius 2 is 2.12 bits per heavy atom. The average molecular weight is 240 g/mol. The first kappa shape index (κ1) is 11.1. The molecule has 0 atom stereocenters. The van der Waals surface area contributed by atoms with Crippen LogP contribution in [-0.4, -0.2) is 14.8 Å². The van der Waals surface area contributed by atoms with Crippen LogP contribution in [0, 0.1) is 19.7 Å². The molecule has 0 aromatic carbocycles. The van der Waals surface area contributed by atoms with Crippen LogP contribution < -0.4 is 0 Å². The van der Waals surface area contributed by atoms with E-state index < -0.39 is 0 Å². The Labute approximate surface area is 97.9 Å². The van der Waals surface area contributed by atoms with Gasteiger partial charge in [-0.25, -0.2) is 14.1 Å². The van der Waals surface area contributed by atoms with E-state index in [1.54, 1.807) is 4.68 Å². The van der Waals surface area contributed by atoms with Gasteiger partial charge in [-0.3, -0.25) is 0 Å². The molecule has 0 aliphatic carbocycles. The number of pyridine rings is 1. The molecule has 2 aromatic heterocycles. The summed E-state index contributed by atoms with van der Waals surface area (Å²) < 4.78 is 14.7. The molecule has 0 saturated carbocycles. The number of halogens is 2. The van der Waals surface area contributed by atoms with E-state index in [1.807, 2.05) is 19.9 Å². The topological polar surface area (TPSA) is 30.7 Å². The average Bonchev–Trinajstić information content (AvgIpc) is 2.57. The first-order chi connectivity index (χ1) is 7.61. The minimum Gasteiger partial charge on any atom is -0.234 e. The van der Waals surface area contributed by atoms with Gasteiger partial charge in [-0.1, -0.05) is 0 Å². The van der Waals surface area contributed by atoms with E-state index in [9.17, 15) is 4.39 Å². The standard InChI is InChI=1S/C11H11ClFN3/c1-7-3-8(2)16(15-7)11-9(5-12)4-10(13)6-14-11/h3-4,6H,5H2,1-2H3. The Morgan fingerprint density at radius 3 is 2.69 bits per heavy atom. The van der Waals surface area contributed by atoms with Crippen molar-refractivity contribution < 1.29 is 4.39 Å². The molecular formula is C11H11ClFN3. The lowest BCUT2D eigenvalue weighted by molar-refractivity contribution is 0.616. The number of alkyl halides is 1. The minimum atomic E-state index is -0.388. The van der Waals surface area contributed by atoms with E-state index in [0.717, 1.165) is 11.4 Å². The van der Waals surface area contributed by atoms with Gasteiger partial charge in [0.05, 0.1) is 17.8 Å². The van der Waals surface area contributed by atoms with Gasteiger partial charge in [0.25, 0.3) is 0 Å². The molecule has 3 nitrogen and oxygen atoms in total. The van der Waals surface area contributed by atoms with E-state index >= 15 is 0 Å². The van der Waals surface area contributed by atoms with Gasteiger partial charge in [-0.05, 0) is 26.0 Å². The highest BCUT2D eigenvalue weighted by Gasteiger charge is 2.10. The van der Waals surface area contributed by atoms with Crippen molar-refractivity contribution >= 4 is 11.6 Å². The second-order valence-corrected chi connectivity index (χ2v) is 3.88. The molecule has 0 amide bonds. The van der Waals surface area contributed by atoms with Gasteiger partial charge < -0.3 is 0 Å². The Kier molecular flexibility index (Phi) is 2.92. The van der Waals surface area contributed by atoms with E-state index in [-0.39, 0.29) is 11.7 Å². The molecule has 2 rings (SSSR count). The van der Waals surface area contributed by atoms with Gasteiger partial charge in [0.15, 0.2) is 5.82 Å². The summed E-state index contributed by atoms with van der Waals surface area (Å²) in [5.41, 5.74) is 2.47. The van der Waals surface area contributed by atoms with Crippen molar-refractivity contribution in [3.8, 4) is 5.82 Å². The smallest absolute Gasteiger partial charge is 0.158 e. The van der Waals surface area contributed by atoms with Crippen LogP contribution in [-0.2, 0) is 5.88 Å². The SMILES string of the molecule is Cc1cc(C)n(-c2ncc(F)cc2CCl)n1. The number of aryl methyl sites for hydroxylation is 2. The fraction of sp³-hybridized carbons (Fsp3) is 0.273. The molecule has 0 aliphatic heterocycles. The quantitative estimate of drug-likeness (QED) is 0.755. The largest absolute Gasteiger partial charge is 0.234 e. The van der Waals surface area contributed by atoms with Crippen molar-refractivity contribution in [2.75, 3.05) is 0 Å². The maximum Gasteiger partial charge on any atom is 0.158 e. The summed E-state index contributed by atoms with van der Waals surface area (Å²) in [6.07, 6.45) is 1.17. The number of hydrogen-bond donors (Lipinski definition) is 0. The molecule has 84 valence electrons. The van der Waals surface area contributed by atoms with Gasteiger partial charge in [-0.2, -0.15) is 5.10 Å². The van der Waals surface area contributed by atoms with Crippen LogP contribution in [0.3, 0.4) is 0 Å². The van der Waals surface area contributed by atoms with Crippen LogP contribution in [0.5, 0.6) is 0 Å². The summed E-state index contributed by atoms with van der Waals surface area (Å²) in [4.78, 5) is 4.03. The predicted molar refractivity (Wildman–Crippen MR) is 60.3 cm³/mol. The van der Waals surface area contributed by atoms with Crippen molar-refractivity contribution in [1.82, 2.24) is 14.8 Å². The first-order valence-corrected chi connectivity index (χ1v) is 5.39. The molecule has 0 aliphatic rings. The molecule has 0 saturated heterocycles. The van der Waals surface area contributed by atoms with Crippen molar-refractivity contribution in [3.05, 3.63) is 41.1 Å². The highest BCUT2D eigenvalue weighted by Crippen LogP contribution is 2.17. The predicted octanol–water partition coefficient (Wildman–Crippen LogP) is 2.76. The number of nitrogens with zero attached hydrogens (tertiary/aromatic N) is 3. The number of rotatable bonds is 2. The minimum absolute atomic E-state index is 0.207. The van der Waals surface area contributed by atoms with E-state index in [0.29, 0.717) is 11.4 Å². The van der Waals surface area contributed by atoms with Crippen LogP contribution >= 0.6 is 11.6 Å². The summed E-state index contributed by atoms with van der Waals surface area (Å²) in [5.74, 6) is 0.404. The number of aromatic nitrogens is 3. The highest BCUT2D eigenvalue weighted by atomic mass is 35.5. The maximum absolute atomic E-state index is 13.0. The molecule has 0 unspecified atom stereocenters. The van der Waals surface area contributed by atoms with Gasteiger partial charge in [0.2, 0.25) is 0 Å². The van der Waals surface area contributed by atoms with E-state index in [1.165, 1.54) is 12.3 Å². The Morgan fingerprint density at radius 1 is 1.38 bits per heavy atom. The molecule has 5 heteroatoms. The van der Waals surface area contributed by atoms with Crippen molar-refractivity contribution in [2.24, 2.45) is 0 Å². The monoisotopic (exact) mass is 239 g/mol. The molecule has 0 N–H and O–H groups in total. The molecular weight excluding hydrogens is 229 g/mol. The third kappa shape index (κ3) is 1.93. The molecule has 2 aromatic rings. The molecule has 0 spiro atoms. The van der Waals surface area contributed by atoms with Gasteiger partial charge in [0.1, 0.15) is 5.82 Å². The maximum atomic E-state index is 13.0.